The summed E-state index contributed by atoms with van der Waals surface area (Å²) in [5, 5.41) is 8.98. The number of hydrogen-bond acceptors (Lipinski definition) is 2. The quantitative estimate of drug-likeness (QED) is 0.673. The van der Waals surface area contributed by atoms with Crippen LogP contribution in [0.2, 0.25) is 0 Å². The van der Waals surface area contributed by atoms with Crippen molar-refractivity contribution in [2.24, 2.45) is 0 Å². The van der Waals surface area contributed by atoms with Crippen LogP contribution in [0.3, 0.4) is 0 Å². The van der Waals surface area contributed by atoms with Crippen molar-refractivity contribution in [1.82, 2.24) is 4.98 Å². The molecule has 0 saturated carbocycles. The smallest absolute Gasteiger partial charge is 0.134 e. The molecule has 0 aromatic carbocycles. The van der Waals surface area contributed by atoms with E-state index in [1.54, 1.807) is 12.3 Å². The molecule has 2 heteroatoms. The van der Waals surface area contributed by atoms with Crippen LogP contribution in [-0.2, 0) is 6.42 Å². The van der Waals surface area contributed by atoms with Crippen molar-refractivity contribution in [3.63, 3.8) is 0 Å². The van der Waals surface area contributed by atoms with E-state index in [4.69, 9.17) is 5.11 Å². The second-order valence-corrected chi connectivity index (χ2v) is 2.30. The highest BCUT2D eigenvalue weighted by atomic mass is 16.3. The molecule has 1 rings (SSSR count). The SMILES string of the molecule is CCCc1cncc(O)c1. The summed E-state index contributed by atoms with van der Waals surface area (Å²) in [6, 6.07) is 1.75. The van der Waals surface area contributed by atoms with Crippen LogP contribution in [0, 0.1) is 0 Å². The average molecular weight is 137 g/mol. The summed E-state index contributed by atoms with van der Waals surface area (Å²) in [4.78, 5) is 3.85. The molecule has 2 nitrogen and oxygen atoms in total. The van der Waals surface area contributed by atoms with Gasteiger partial charge in [-0.2, -0.15) is 0 Å². The van der Waals surface area contributed by atoms with Gasteiger partial charge >= 0.3 is 0 Å². The van der Waals surface area contributed by atoms with Crippen molar-refractivity contribution in [2.75, 3.05) is 0 Å². The van der Waals surface area contributed by atoms with E-state index < -0.39 is 0 Å². The Hall–Kier alpha value is -1.05. The molecular weight excluding hydrogens is 126 g/mol. The van der Waals surface area contributed by atoms with Gasteiger partial charge in [-0.25, -0.2) is 0 Å². The Morgan fingerprint density at radius 2 is 2.30 bits per heavy atom. The van der Waals surface area contributed by atoms with Gasteiger partial charge in [-0.15, -0.1) is 0 Å². The van der Waals surface area contributed by atoms with E-state index in [1.165, 1.54) is 6.20 Å². The number of aromatic hydroxyl groups is 1. The van der Waals surface area contributed by atoms with Gasteiger partial charge in [0, 0.05) is 6.20 Å². The molecule has 1 heterocycles. The molecular formula is C8H11NO. The molecule has 0 amide bonds. The number of aromatic nitrogens is 1. The van der Waals surface area contributed by atoms with Gasteiger partial charge in [0.1, 0.15) is 5.75 Å². The van der Waals surface area contributed by atoms with E-state index in [1.807, 2.05) is 0 Å². The summed E-state index contributed by atoms with van der Waals surface area (Å²) in [6.07, 6.45) is 5.30. The minimum absolute atomic E-state index is 0.256. The predicted octanol–water partition coefficient (Wildman–Crippen LogP) is 1.74. The van der Waals surface area contributed by atoms with Crippen LogP contribution in [0.1, 0.15) is 18.9 Å². The summed E-state index contributed by atoms with van der Waals surface area (Å²) in [5.74, 6) is 0.256. The molecule has 0 aliphatic rings. The Bertz CT molecular complexity index is 210. The van der Waals surface area contributed by atoms with Crippen LogP contribution in [0.5, 0.6) is 5.75 Å². The molecule has 0 fully saturated rings. The van der Waals surface area contributed by atoms with E-state index in [0.29, 0.717) is 0 Å². The highest BCUT2D eigenvalue weighted by molar-refractivity contribution is 5.21. The Kier molecular flexibility index (Phi) is 2.26. The van der Waals surface area contributed by atoms with Gasteiger partial charge in [0.15, 0.2) is 0 Å². The zero-order valence-electron chi connectivity index (χ0n) is 6.04. The number of hydrogen-bond donors (Lipinski definition) is 1. The number of nitrogens with zero attached hydrogens (tertiary/aromatic N) is 1. The maximum absolute atomic E-state index is 8.98. The minimum Gasteiger partial charge on any atom is -0.506 e. The van der Waals surface area contributed by atoms with Crippen LogP contribution in [0.25, 0.3) is 0 Å². The van der Waals surface area contributed by atoms with E-state index in [-0.39, 0.29) is 5.75 Å². The fraction of sp³-hybridized carbons (Fsp3) is 0.375. The normalized spacial score (nSPS) is 9.70. The molecule has 0 atom stereocenters. The first-order chi connectivity index (χ1) is 4.83. The summed E-state index contributed by atoms with van der Waals surface area (Å²) >= 11 is 0. The molecule has 54 valence electrons. The summed E-state index contributed by atoms with van der Waals surface area (Å²) in [5.41, 5.74) is 1.10. The highest BCUT2D eigenvalue weighted by Crippen LogP contribution is 2.09. The predicted molar refractivity (Wildman–Crippen MR) is 39.9 cm³/mol. The molecule has 1 aromatic heterocycles. The van der Waals surface area contributed by atoms with E-state index >= 15 is 0 Å². The standard InChI is InChI=1S/C8H11NO/c1-2-3-7-4-8(10)6-9-5-7/h4-6,10H,2-3H2,1H3. The molecule has 1 N–H and O–H groups in total. The van der Waals surface area contributed by atoms with E-state index in [2.05, 4.69) is 11.9 Å². The number of rotatable bonds is 2. The van der Waals surface area contributed by atoms with Gasteiger partial charge in [-0.3, -0.25) is 4.98 Å². The van der Waals surface area contributed by atoms with Gasteiger partial charge in [0.25, 0.3) is 0 Å². The fourth-order valence-corrected chi connectivity index (χ4v) is 0.899. The monoisotopic (exact) mass is 137 g/mol. The lowest BCUT2D eigenvalue weighted by Crippen LogP contribution is -1.83. The summed E-state index contributed by atoms with van der Waals surface area (Å²) in [6.45, 7) is 2.10. The van der Waals surface area contributed by atoms with Crippen molar-refractivity contribution in [3.8, 4) is 5.75 Å². The first kappa shape index (κ1) is 7.06. The first-order valence-electron chi connectivity index (χ1n) is 3.46. The lowest BCUT2D eigenvalue weighted by atomic mass is 10.2. The molecule has 0 radical (unpaired) electrons. The number of aryl methyl sites for hydroxylation is 1. The van der Waals surface area contributed by atoms with Crippen LogP contribution in [0.4, 0.5) is 0 Å². The largest absolute Gasteiger partial charge is 0.506 e. The molecule has 10 heavy (non-hydrogen) atoms. The highest BCUT2D eigenvalue weighted by Gasteiger charge is 1.91. The van der Waals surface area contributed by atoms with Gasteiger partial charge in [-0.1, -0.05) is 13.3 Å². The third-order valence-electron chi connectivity index (χ3n) is 1.32. The zero-order chi connectivity index (χ0) is 7.40. The van der Waals surface area contributed by atoms with E-state index in [0.717, 1.165) is 18.4 Å². The molecule has 0 aliphatic carbocycles. The topological polar surface area (TPSA) is 33.1 Å². The van der Waals surface area contributed by atoms with Crippen molar-refractivity contribution in [1.29, 1.82) is 0 Å². The molecule has 0 saturated heterocycles. The van der Waals surface area contributed by atoms with Crippen LogP contribution < -0.4 is 0 Å². The second kappa shape index (κ2) is 3.20. The maximum atomic E-state index is 8.98. The molecule has 1 aromatic rings. The lowest BCUT2D eigenvalue weighted by Gasteiger charge is -1.96. The first-order valence-corrected chi connectivity index (χ1v) is 3.46. The maximum Gasteiger partial charge on any atom is 0.134 e. The minimum atomic E-state index is 0.256. The van der Waals surface area contributed by atoms with Crippen molar-refractivity contribution in [2.45, 2.75) is 19.8 Å². The van der Waals surface area contributed by atoms with Crippen molar-refractivity contribution >= 4 is 0 Å². The zero-order valence-corrected chi connectivity index (χ0v) is 6.04. The Morgan fingerprint density at radius 3 is 2.90 bits per heavy atom. The van der Waals surface area contributed by atoms with Gasteiger partial charge < -0.3 is 5.11 Å². The van der Waals surface area contributed by atoms with Crippen LogP contribution >= 0.6 is 0 Å². The van der Waals surface area contributed by atoms with Crippen LogP contribution in [-0.4, -0.2) is 10.1 Å². The Balaban J connectivity index is 2.75. The third kappa shape index (κ3) is 1.72. The van der Waals surface area contributed by atoms with Crippen LogP contribution in [0.15, 0.2) is 18.5 Å². The van der Waals surface area contributed by atoms with Gasteiger partial charge in [0.2, 0.25) is 0 Å². The third-order valence-corrected chi connectivity index (χ3v) is 1.32. The lowest BCUT2D eigenvalue weighted by molar-refractivity contribution is 0.471. The van der Waals surface area contributed by atoms with Gasteiger partial charge in [0.05, 0.1) is 6.20 Å². The Morgan fingerprint density at radius 1 is 1.50 bits per heavy atom. The fourth-order valence-electron chi connectivity index (χ4n) is 0.899. The summed E-state index contributed by atoms with van der Waals surface area (Å²) < 4.78 is 0. The average Bonchev–Trinajstić information content (AvgIpc) is 1.88. The van der Waals surface area contributed by atoms with Gasteiger partial charge in [-0.05, 0) is 18.1 Å². The van der Waals surface area contributed by atoms with E-state index in [9.17, 15) is 0 Å². The molecule has 0 bridgehead atoms. The molecule has 0 spiro atoms. The molecule has 0 aliphatic heterocycles. The Labute approximate surface area is 60.5 Å². The number of pyridine rings is 1. The van der Waals surface area contributed by atoms with Crippen molar-refractivity contribution in [3.05, 3.63) is 24.0 Å². The van der Waals surface area contributed by atoms with Crippen molar-refractivity contribution < 1.29 is 5.11 Å². The summed E-state index contributed by atoms with van der Waals surface area (Å²) in [7, 11) is 0. The second-order valence-electron chi connectivity index (χ2n) is 2.30. The molecule has 0 unspecified atom stereocenters.